The van der Waals surface area contributed by atoms with Gasteiger partial charge in [0.05, 0.1) is 11.3 Å². The van der Waals surface area contributed by atoms with Gasteiger partial charge in [-0.2, -0.15) is 0 Å². The highest BCUT2D eigenvalue weighted by Gasteiger charge is 2.14. The van der Waals surface area contributed by atoms with Crippen molar-refractivity contribution in [2.45, 2.75) is 0 Å². The molecule has 2 nitrogen and oxygen atoms in total. The van der Waals surface area contributed by atoms with Crippen LogP contribution in [-0.2, 0) is 0 Å². The normalized spacial score (nSPS) is 10.3. The minimum absolute atomic E-state index is 0.172. The number of hydrogen-bond acceptors (Lipinski definition) is 1. The summed E-state index contributed by atoms with van der Waals surface area (Å²) in [6.45, 7) is 0. The van der Waals surface area contributed by atoms with E-state index in [4.69, 9.17) is 11.6 Å². The van der Waals surface area contributed by atoms with Gasteiger partial charge >= 0.3 is 0 Å². The number of anilines is 1. The van der Waals surface area contributed by atoms with Crippen molar-refractivity contribution in [3.63, 3.8) is 0 Å². The standard InChI is InChI=1S/C13H7ClF3NO/c14-7-1-3-10(16)9(5-7)13(19)18-12-4-2-8(15)6-11(12)17/h1-6H,(H,18,19). The molecule has 1 amide bonds. The lowest BCUT2D eigenvalue weighted by Crippen LogP contribution is -2.14. The van der Waals surface area contributed by atoms with E-state index < -0.39 is 23.4 Å². The van der Waals surface area contributed by atoms with Gasteiger partial charge in [-0.3, -0.25) is 4.79 Å². The Labute approximate surface area is 111 Å². The molecule has 0 spiro atoms. The number of carbonyl (C=O) groups is 1. The molecule has 0 aromatic heterocycles. The van der Waals surface area contributed by atoms with Gasteiger partial charge in [-0.1, -0.05) is 11.6 Å². The van der Waals surface area contributed by atoms with E-state index in [2.05, 4.69) is 5.32 Å². The second-order valence-corrected chi connectivity index (χ2v) is 4.14. The number of nitrogens with one attached hydrogen (secondary N) is 1. The summed E-state index contributed by atoms with van der Waals surface area (Å²) in [4.78, 5) is 11.8. The fourth-order valence-electron chi connectivity index (χ4n) is 1.45. The number of hydrogen-bond donors (Lipinski definition) is 1. The monoisotopic (exact) mass is 285 g/mol. The van der Waals surface area contributed by atoms with E-state index in [-0.39, 0.29) is 16.3 Å². The highest BCUT2D eigenvalue weighted by Crippen LogP contribution is 2.19. The van der Waals surface area contributed by atoms with Crippen molar-refractivity contribution in [2.75, 3.05) is 5.32 Å². The van der Waals surface area contributed by atoms with Crippen molar-refractivity contribution in [1.82, 2.24) is 0 Å². The molecular formula is C13H7ClF3NO. The van der Waals surface area contributed by atoms with E-state index >= 15 is 0 Å². The van der Waals surface area contributed by atoms with Crippen molar-refractivity contribution in [3.05, 3.63) is 64.4 Å². The number of amides is 1. The van der Waals surface area contributed by atoms with Crippen LogP contribution in [0.15, 0.2) is 36.4 Å². The molecule has 98 valence electrons. The summed E-state index contributed by atoms with van der Waals surface area (Å²) in [6.07, 6.45) is 0. The van der Waals surface area contributed by atoms with Gasteiger partial charge in [-0.15, -0.1) is 0 Å². The molecule has 0 aliphatic heterocycles. The van der Waals surface area contributed by atoms with Gasteiger partial charge in [0.1, 0.15) is 17.5 Å². The third kappa shape index (κ3) is 3.06. The molecule has 19 heavy (non-hydrogen) atoms. The Morgan fingerprint density at radius 3 is 2.42 bits per heavy atom. The predicted molar refractivity (Wildman–Crippen MR) is 65.7 cm³/mol. The molecule has 2 aromatic carbocycles. The lowest BCUT2D eigenvalue weighted by atomic mass is 10.2. The first-order valence-corrected chi connectivity index (χ1v) is 5.56. The highest BCUT2D eigenvalue weighted by molar-refractivity contribution is 6.31. The predicted octanol–water partition coefficient (Wildman–Crippen LogP) is 4.01. The van der Waals surface area contributed by atoms with Crippen LogP contribution in [0.3, 0.4) is 0 Å². The van der Waals surface area contributed by atoms with Crippen molar-refractivity contribution in [1.29, 1.82) is 0 Å². The maximum atomic E-state index is 13.4. The lowest BCUT2D eigenvalue weighted by molar-refractivity contribution is 0.102. The molecule has 0 fully saturated rings. The van der Waals surface area contributed by atoms with E-state index in [1.165, 1.54) is 6.07 Å². The van der Waals surface area contributed by atoms with Gasteiger partial charge in [0.25, 0.3) is 5.91 Å². The SMILES string of the molecule is O=C(Nc1ccc(F)cc1F)c1cc(Cl)ccc1F. The molecule has 6 heteroatoms. The van der Waals surface area contributed by atoms with Crippen LogP contribution >= 0.6 is 11.6 Å². The van der Waals surface area contributed by atoms with Crippen LogP contribution in [0.2, 0.25) is 5.02 Å². The van der Waals surface area contributed by atoms with Crippen LogP contribution in [0.5, 0.6) is 0 Å². The Morgan fingerprint density at radius 2 is 1.74 bits per heavy atom. The largest absolute Gasteiger partial charge is 0.319 e. The van der Waals surface area contributed by atoms with Crippen LogP contribution in [-0.4, -0.2) is 5.91 Å². The molecule has 2 aromatic rings. The summed E-state index contributed by atoms with van der Waals surface area (Å²) in [5, 5.41) is 2.31. The van der Waals surface area contributed by atoms with E-state index in [0.717, 1.165) is 24.3 Å². The molecule has 0 heterocycles. The Hall–Kier alpha value is -2.01. The van der Waals surface area contributed by atoms with Crippen molar-refractivity contribution < 1.29 is 18.0 Å². The zero-order valence-corrected chi connectivity index (χ0v) is 10.1. The van der Waals surface area contributed by atoms with Gasteiger partial charge in [-0.25, -0.2) is 13.2 Å². The first-order chi connectivity index (χ1) is 8.97. The number of carbonyl (C=O) groups excluding carboxylic acids is 1. The molecule has 0 saturated heterocycles. The molecule has 0 bridgehead atoms. The zero-order valence-electron chi connectivity index (χ0n) is 9.38. The third-order valence-corrected chi connectivity index (χ3v) is 2.59. The zero-order chi connectivity index (χ0) is 14.0. The van der Waals surface area contributed by atoms with E-state index in [1.807, 2.05) is 0 Å². The van der Waals surface area contributed by atoms with Gasteiger partial charge in [-0.05, 0) is 30.3 Å². The smallest absolute Gasteiger partial charge is 0.258 e. The second kappa shape index (κ2) is 5.32. The molecule has 0 aliphatic carbocycles. The van der Waals surface area contributed by atoms with Gasteiger partial charge in [0.15, 0.2) is 0 Å². The second-order valence-electron chi connectivity index (χ2n) is 3.70. The van der Waals surface area contributed by atoms with Crippen LogP contribution in [0.25, 0.3) is 0 Å². The summed E-state index contributed by atoms with van der Waals surface area (Å²) in [6, 6.07) is 6.07. The molecule has 0 unspecified atom stereocenters. The molecule has 0 atom stereocenters. The number of benzene rings is 2. The van der Waals surface area contributed by atoms with Crippen LogP contribution in [0.1, 0.15) is 10.4 Å². The average molecular weight is 286 g/mol. The summed E-state index contributed by atoms with van der Waals surface area (Å²) in [5.41, 5.74) is -0.568. The minimum Gasteiger partial charge on any atom is -0.319 e. The molecular weight excluding hydrogens is 279 g/mol. The number of rotatable bonds is 2. The molecule has 1 N–H and O–H groups in total. The van der Waals surface area contributed by atoms with Gasteiger partial charge in [0, 0.05) is 11.1 Å². The van der Waals surface area contributed by atoms with Crippen LogP contribution in [0, 0.1) is 17.5 Å². The maximum absolute atomic E-state index is 13.4. The third-order valence-electron chi connectivity index (χ3n) is 2.35. The van der Waals surface area contributed by atoms with Crippen molar-refractivity contribution in [3.8, 4) is 0 Å². The van der Waals surface area contributed by atoms with Gasteiger partial charge < -0.3 is 5.32 Å². The topological polar surface area (TPSA) is 29.1 Å². The maximum Gasteiger partial charge on any atom is 0.258 e. The fourth-order valence-corrected chi connectivity index (χ4v) is 1.62. The number of halogens is 4. The molecule has 2 rings (SSSR count). The summed E-state index contributed by atoms with van der Waals surface area (Å²) >= 11 is 5.65. The molecule has 0 saturated carbocycles. The molecule has 0 aliphatic rings. The van der Waals surface area contributed by atoms with Gasteiger partial charge in [0.2, 0.25) is 0 Å². The fraction of sp³-hybridized carbons (Fsp3) is 0. The minimum atomic E-state index is -0.948. The Kier molecular flexibility index (Phi) is 3.76. The summed E-state index contributed by atoms with van der Waals surface area (Å²) < 4.78 is 39.4. The average Bonchev–Trinajstić information content (AvgIpc) is 2.35. The first-order valence-electron chi connectivity index (χ1n) is 5.19. The summed E-state index contributed by atoms with van der Waals surface area (Å²) in [5.74, 6) is -3.38. The highest BCUT2D eigenvalue weighted by atomic mass is 35.5. The van der Waals surface area contributed by atoms with Crippen molar-refractivity contribution >= 4 is 23.2 Å². The van der Waals surface area contributed by atoms with E-state index in [9.17, 15) is 18.0 Å². The lowest BCUT2D eigenvalue weighted by Gasteiger charge is -2.07. The quantitative estimate of drug-likeness (QED) is 0.887. The van der Waals surface area contributed by atoms with Crippen molar-refractivity contribution in [2.24, 2.45) is 0 Å². The first kappa shape index (κ1) is 13.4. The Balaban J connectivity index is 2.28. The molecule has 0 radical (unpaired) electrons. The Bertz CT molecular complexity index is 646. The van der Waals surface area contributed by atoms with Crippen LogP contribution < -0.4 is 5.32 Å². The summed E-state index contributed by atoms with van der Waals surface area (Å²) in [7, 11) is 0. The van der Waals surface area contributed by atoms with Crippen LogP contribution in [0.4, 0.5) is 18.9 Å². The van der Waals surface area contributed by atoms with E-state index in [1.54, 1.807) is 0 Å². The Morgan fingerprint density at radius 1 is 1.00 bits per heavy atom. The van der Waals surface area contributed by atoms with E-state index in [0.29, 0.717) is 6.07 Å².